The molecular weight excluding hydrogens is 318 g/mol. The zero-order valence-corrected chi connectivity index (χ0v) is 14.7. The predicted octanol–water partition coefficient (Wildman–Crippen LogP) is 3.27. The Bertz CT molecular complexity index is 742. The highest BCUT2D eigenvalue weighted by molar-refractivity contribution is 5.94. The summed E-state index contributed by atoms with van der Waals surface area (Å²) in [5, 5.41) is 8.57. The molecule has 2 aromatic carbocycles. The molecule has 6 nitrogen and oxygen atoms in total. The van der Waals surface area contributed by atoms with Crippen molar-refractivity contribution in [2.75, 3.05) is 29.6 Å². The van der Waals surface area contributed by atoms with E-state index in [-0.39, 0.29) is 18.4 Å². The van der Waals surface area contributed by atoms with Crippen LogP contribution in [0.5, 0.6) is 5.75 Å². The molecule has 0 heterocycles. The summed E-state index contributed by atoms with van der Waals surface area (Å²) in [6.07, 6.45) is 0.959. The van der Waals surface area contributed by atoms with Crippen LogP contribution in [0.15, 0.2) is 42.5 Å². The molecule has 25 heavy (non-hydrogen) atoms. The number of ether oxygens (including phenoxy) is 1. The molecule has 0 unspecified atom stereocenters. The largest absolute Gasteiger partial charge is 0.495 e. The van der Waals surface area contributed by atoms with Crippen LogP contribution >= 0.6 is 0 Å². The van der Waals surface area contributed by atoms with Crippen molar-refractivity contribution in [3.8, 4) is 5.75 Å². The smallest absolute Gasteiger partial charge is 0.243 e. The summed E-state index contributed by atoms with van der Waals surface area (Å²) in [5.41, 5.74) is 3.23. The van der Waals surface area contributed by atoms with E-state index in [1.54, 1.807) is 25.3 Å². The second-order valence-electron chi connectivity index (χ2n) is 5.55. The molecule has 6 heteroatoms. The van der Waals surface area contributed by atoms with Gasteiger partial charge < -0.3 is 20.7 Å². The number of hydrogen-bond acceptors (Lipinski definition) is 4. The lowest BCUT2D eigenvalue weighted by Gasteiger charge is -2.13. The fourth-order valence-corrected chi connectivity index (χ4v) is 2.33. The van der Waals surface area contributed by atoms with Crippen molar-refractivity contribution in [3.63, 3.8) is 0 Å². The van der Waals surface area contributed by atoms with Crippen LogP contribution in [0.25, 0.3) is 0 Å². The Morgan fingerprint density at radius 2 is 1.68 bits per heavy atom. The number of anilines is 3. The van der Waals surface area contributed by atoms with Gasteiger partial charge in [-0.05, 0) is 42.3 Å². The first-order chi connectivity index (χ1) is 12.0. The maximum absolute atomic E-state index is 12.1. The quantitative estimate of drug-likeness (QED) is 0.722. The molecule has 0 aliphatic rings. The number of nitrogens with one attached hydrogen (secondary N) is 3. The SMILES string of the molecule is CCc1ccc(NC(=O)CNc2cc(NC(C)=O)ccc2OC)cc1. The third-order valence-corrected chi connectivity index (χ3v) is 3.61. The van der Waals surface area contributed by atoms with Crippen molar-refractivity contribution in [3.05, 3.63) is 48.0 Å². The third kappa shape index (κ3) is 5.53. The van der Waals surface area contributed by atoms with Crippen LogP contribution in [0.1, 0.15) is 19.4 Å². The maximum atomic E-state index is 12.1. The van der Waals surface area contributed by atoms with Crippen molar-refractivity contribution < 1.29 is 14.3 Å². The Morgan fingerprint density at radius 3 is 2.28 bits per heavy atom. The molecule has 0 spiro atoms. The van der Waals surface area contributed by atoms with E-state index < -0.39 is 0 Å². The van der Waals surface area contributed by atoms with Gasteiger partial charge in [-0.3, -0.25) is 9.59 Å². The number of methoxy groups -OCH3 is 1. The lowest BCUT2D eigenvalue weighted by Crippen LogP contribution is -2.22. The Morgan fingerprint density at radius 1 is 1.00 bits per heavy atom. The molecule has 0 saturated heterocycles. The Labute approximate surface area is 147 Å². The van der Waals surface area contributed by atoms with Crippen molar-refractivity contribution in [2.24, 2.45) is 0 Å². The zero-order chi connectivity index (χ0) is 18.2. The normalized spacial score (nSPS) is 10.0. The molecule has 0 bridgehead atoms. The lowest BCUT2D eigenvalue weighted by molar-refractivity contribution is -0.115. The highest BCUT2D eigenvalue weighted by Gasteiger charge is 2.08. The summed E-state index contributed by atoms with van der Waals surface area (Å²) in [7, 11) is 1.55. The van der Waals surface area contributed by atoms with E-state index in [1.807, 2.05) is 24.3 Å². The van der Waals surface area contributed by atoms with Gasteiger partial charge in [-0.25, -0.2) is 0 Å². The summed E-state index contributed by atoms with van der Waals surface area (Å²) in [4.78, 5) is 23.3. The minimum Gasteiger partial charge on any atom is -0.495 e. The van der Waals surface area contributed by atoms with Crippen LogP contribution in [0.2, 0.25) is 0 Å². The summed E-state index contributed by atoms with van der Waals surface area (Å²) in [6, 6.07) is 12.9. The molecule has 0 aliphatic carbocycles. The minimum absolute atomic E-state index is 0.0788. The molecule has 0 radical (unpaired) electrons. The van der Waals surface area contributed by atoms with Crippen molar-refractivity contribution in [1.82, 2.24) is 0 Å². The van der Waals surface area contributed by atoms with E-state index >= 15 is 0 Å². The highest BCUT2D eigenvalue weighted by Crippen LogP contribution is 2.27. The fraction of sp³-hybridized carbons (Fsp3) is 0.263. The van der Waals surface area contributed by atoms with E-state index in [0.717, 1.165) is 12.1 Å². The summed E-state index contributed by atoms with van der Waals surface area (Å²) >= 11 is 0. The van der Waals surface area contributed by atoms with Crippen LogP contribution in [0.3, 0.4) is 0 Å². The van der Waals surface area contributed by atoms with Gasteiger partial charge in [0, 0.05) is 18.3 Å². The summed E-state index contributed by atoms with van der Waals surface area (Å²) in [5.74, 6) is 0.259. The van der Waals surface area contributed by atoms with Crippen molar-refractivity contribution in [2.45, 2.75) is 20.3 Å². The van der Waals surface area contributed by atoms with E-state index in [9.17, 15) is 9.59 Å². The minimum atomic E-state index is -0.170. The lowest BCUT2D eigenvalue weighted by atomic mass is 10.1. The molecule has 0 fully saturated rings. The van der Waals surface area contributed by atoms with Gasteiger partial charge in [-0.1, -0.05) is 19.1 Å². The number of carbonyl (C=O) groups is 2. The van der Waals surface area contributed by atoms with Gasteiger partial charge in [0.05, 0.1) is 19.3 Å². The fourth-order valence-electron chi connectivity index (χ4n) is 2.33. The van der Waals surface area contributed by atoms with Gasteiger partial charge in [-0.2, -0.15) is 0 Å². The topological polar surface area (TPSA) is 79.5 Å². The maximum Gasteiger partial charge on any atom is 0.243 e. The first-order valence-corrected chi connectivity index (χ1v) is 8.10. The number of hydrogen-bond donors (Lipinski definition) is 3. The molecule has 132 valence electrons. The first-order valence-electron chi connectivity index (χ1n) is 8.10. The van der Waals surface area contributed by atoms with Crippen molar-refractivity contribution >= 4 is 28.9 Å². The molecular formula is C19H23N3O3. The van der Waals surface area contributed by atoms with Gasteiger partial charge in [-0.15, -0.1) is 0 Å². The number of amides is 2. The molecule has 0 saturated carbocycles. The molecule has 2 aromatic rings. The monoisotopic (exact) mass is 341 g/mol. The second-order valence-corrected chi connectivity index (χ2v) is 5.55. The first kappa shape index (κ1) is 18.3. The molecule has 0 atom stereocenters. The second kappa shape index (κ2) is 8.73. The standard InChI is InChI=1S/C19H23N3O3/c1-4-14-5-7-15(8-6-14)22-19(24)12-20-17-11-16(21-13(2)23)9-10-18(17)25-3/h5-11,20H,4,12H2,1-3H3,(H,21,23)(H,22,24). The molecule has 2 amide bonds. The highest BCUT2D eigenvalue weighted by atomic mass is 16.5. The molecule has 3 N–H and O–H groups in total. The van der Waals surface area contributed by atoms with E-state index in [2.05, 4.69) is 22.9 Å². The van der Waals surface area contributed by atoms with Gasteiger partial charge in [0.15, 0.2) is 0 Å². The van der Waals surface area contributed by atoms with Gasteiger partial charge in [0.2, 0.25) is 11.8 Å². The van der Waals surface area contributed by atoms with E-state index in [0.29, 0.717) is 17.1 Å². The Kier molecular flexibility index (Phi) is 6.39. The average Bonchev–Trinajstić information content (AvgIpc) is 2.60. The number of carbonyl (C=O) groups excluding carboxylic acids is 2. The third-order valence-electron chi connectivity index (χ3n) is 3.61. The van der Waals surface area contributed by atoms with E-state index in [4.69, 9.17) is 4.74 Å². The van der Waals surface area contributed by atoms with Crippen molar-refractivity contribution in [1.29, 1.82) is 0 Å². The zero-order valence-electron chi connectivity index (χ0n) is 14.7. The molecule has 0 aromatic heterocycles. The number of rotatable bonds is 7. The number of aryl methyl sites for hydroxylation is 1. The molecule has 2 rings (SSSR count). The van der Waals surface area contributed by atoms with E-state index in [1.165, 1.54) is 12.5 Å². The van der Waals surface area contributed by atoms with Crippen LogP contribution < -0.4 is 20.7 Å². The summed E-state index contributed by atoms with van der Waals surface area (Å²) < 4.78 is 5.27. The van der Waals surface area contributed by atoms with Crippen LogP contribution in [0, 0.1) is 0 Å². The van der Waals surface area contributed by atoms with Crippen LogP contribution in [-0.2, 0) is 16.0 Å². The van der Waals surface area contributed by atoms with Gasteiger partial charge >= 0.3 is 0 Å². The van der Waals surface area contributed by atoms with Gasteiger partial charge in [0.1, 0.15) is 5.75 Å². The Balaban J connectivity index is 1.98. The average molecular weight is 341 g/mol. The van der Waals surface area contributed by atoms with Gasteiger partial charge in [0.25, 0.3) is 0 Å². The predicted molar refractivity (Wildman–Crippen MR) is 100 cm³/mol. The number of benzene rings is 2. The van der Waals surface area contributed by atoms with Crippen LogP contribution in [0.4, 0.5) is 17.1 Å². The molecule has 0 aliphatic heterocycles. The van der Waals surface area contributed by atoms with Crippen LogP contribution in [-0.4, -0.2) is 25.5 Å². The Hall–Kier alpha value is -3.02. The summed E-state index contributed by atoms with van der Waals surface area (Å²) in [6.45, 7) is 3.60.